The summed E-state index contributed by atoms with van der Waals surface area (Å²) in [4.78, 5) is 3.48. The number of hydrogen-bond donors (Lipinski definition) is 2. The lowest BCUT2D eigenvalue weighted by atomic mass is 10.1. The van der Waals surface area contributed by atoms with Crippen molar-refractivity contribution in [3.8, 4) is 11.3 Å². The molecule has 0 aliphatic rings. The minimum Gasteiger partial charge on any atom is -0.354 e. The van der Waals surface area contributed by atoms with Crippen molar-refractivity contribution in [2.24, 2.45) is 0 Å². The van der Waals surface area contributed by atoms with Crippen molar-refractivity contribution in [3.63, 3.8) is 0 Å². The van der Waals surface area contributed by atoms with E-state index in [1.165, 1.54) is 10.9 Å². The Kier molecular flexibility index (Phi) is 2.00. The van der Waals surface area contributed by atoms with Crippen molar-refractivity contribution >= 4 is 21.9 Å². The SMILES string of the molecule is Cc1c(-c2cccc3n[nH]nc23)[nH]c2ccccc12. The summed E-state index contributed by atoms with van der Waals surface area (Å²) in [7, 11) is 0. The number of aromatic nitrogens is 4. The molecule has 0 radical (unpaired) electrons. The molecule has 0 amide bonds. The summed E-state index contributed by atoms with van der Waals surface area (Å²) in [5.74, 6) is 0. The van der Waals surface area contributed by atoms with Gasteiger partial charge in [0.2, 0.25) is 0 Å². The number of benzene rings is 2. The Bertz CT molecular complexity index is 885. The number of aromatic amines is 2. The molecule has 0 aliphatic carbocycles. The quantitative estimate of drug-likeness (QED) is 0.542. The number of nitrogens with one attached hydrogen (secondary N) is 2. The third-order valence-electron chi connectivity index (χ3n) is 3.58. The largest absolute Gasteiger partial charge is 0.354 e. The van der Waals surface area contributed by atoms with Gasteiger partial charge < -0.3 is 4.98 Å². The minimum atomic E-state index is 0.885. The fourth-order valence-electron chi connectivity index (χ4n) is 2.62. The van der Waals surface area contributed by atoms with Crippen LogP contribution in [0.5, 0.6) is 0 Å². The van der Waals surface area contributed by atoms with Gasteiger partial charge in [-0.3, -0.25) is 0 Å². The third-order valence-corrected chi connectivity index (χ3v) is 3.58. The van der Waals surface area contributed by atoms with Crippen molar-refractivity contribution in [3.05, 3.63) is 48.0 Å². The van der Waals surface area contributed by atoms with Crippen LogP contribution in [0.3, 0.4) is 0 Å². The van der Waals surface area contributed by atoms with Crippen LogP contribution in [0.15, 0.2) is 42.5 Å². The van der Waals surface area contributed by atoms with Crippen molar-refractivity contribution in [1.82, 2.24) is 20.4 Å². The number of hydrogen-bond acceptors (Lipinski definition) is 2. The molecule has 2 aromatic heterocycles. The van der Waals surface area contributed by atoms with Gasteiger partial charge in [-0.25, -0.2) is 0 Å². The molecule has 4 aromatic rings. The van der Waals surface area contributed by atoms with Gasteiger partial charge in [-0.15, -0.1) is 0 Å². The molecule has 2 aromatic carbocycles. The Morgan fingerprint density at radius 3 is 2.74 bits per heavy atom. The molecule has 0 spiro atoms. The zero-order valence-electron chi connectivity index (χ0n) is 10.4. The monoisotopic (exact) mass is 248 g/mol. The number of H-pyrrole nitrogens is 2. The highest BCUT2D eigenvalue weighted by Gasteiger charge is 2.13. The molecule has 2 heterocycles. The molecule has 4 heteroatoms. The predicted molar refractivity (Wildman–Crippen MR) is 75.9 cm³/mol. The lowest BCUT2D eigenvalue weighted by molar-refractivity contribution is 0.959. The maximum atomic E-state index is 4.25. The summed E-state index contributed by atoms with van der Waals surface area (Å²) in [6.45, 7) is 2.13. The molecule has 4 nitrogen and oxygen atoms in total. The van der Waals surface area contributed by atoms with Crippen LogP contribution in [-0.4, -0.2) is 20.4 Å². The second-order valence-electron chi connectivity index (χ2n) is 4.67. The van der Waals surface area contributed by atoms with E-state index in [1.54, 1.807) is 0 Å². The van der Waals surface area contributed by atoms with E-state index in [2.05, 4.69) is 51.6 Å². The van der Waals surface area contributed by atoms with Gasteiger partial charge in [0, 0.05) is 16.5 Å². The molecule has 0 bridgehead atoms. The van der Waals surface area contributed by atoms with Crippen molar-refractivity contribution in [2.75, 3.05) is 0 Å². The minimum absolute atomic E-state index is 0.885. The number of rotatable bonds is 1. The normalized spacial score (nSPS) is 11.4. The van der Waals surface area contributed by atoms with Gasteiger partial charge in [0.25, 0.3) is 0 Å². The second kappa shape index (κ2) is 3.68. The zero-order valence-corrected chi connectivity index (χ0v) is 10.4. The van der Waals surface area contributed by atoms with E-state index < -0.39 is 0 Å². The first-order chi connectivity index (χ1) is 9.34. The van der Waals surface area contributed by atoms with Crippen molar-refractivity contribution in [2.45, 2.75) is 6.92 Å². The maximum absolute atomic E-state index is 4.25. The average Bonchev–Trinajstić information content (AvgIpc) is 3.04. The fourth-order valence-corrected chi connectivity index (χ4v) is 2.62. The van der Waals surface area contributed by atoms with Gasteiger partial charge >= 0.3 is 0 Å². The van der Waals surface area contributed by atoms with Crippen LogP contribution in [0.4, 0.5) is 0 Å². The average molecular weight is 248 g/mol. The summed E-state index contributed by atoms with van der Waals surface area (Å²) in [5.41, 5.74) is 6.37. The summed E-state index contributed by atoms with van der Waals surface area (Å²) < 4.78 is 0. The van der Waals surface area contributed by atoms with Crippen LogP contribution >= 0.6 is 0 Å². The summed E-state index contributed by atoms with van der Waals surface area (Å²) in [5, 5.41) is 12.3. The van der Waals surface area contributed by atoms with Crippen LogP contribution < -0.4 is 0 Å². The Balaban J connectivity index is 2.09. The highest BCUT2D eigenvalue weighted by Crippen LogP contribution is 2.32. The highest BCUT2D eigenvalue weighted by atomic mass is 15.3. The van der Waals surface area contributed by atoms with Gasteiger partial charge in [0.15, 0.2) is 0 Å². The van der Waals surface area contributed by atoms with Crippen LogP contribution in [0.25, 0.3) is 33.2 Å². The topological polar surface area (TPSA) is 57.4 Å². The maximum Gasteiger partial charge on any atom is 0.122 e. The number of fused-ring (bicyclic) bond motifs is 2. The first kappa shape index (κ1) is 10.3. The van der Waals surface area contributed by atoms with Gasteiger partial charge in [0.1, 0.15) is 11.0 Å². The summed E-state index contributed by atoms with van der Waals surface area (Å²) in [6.07, 6.45) is 0. The molecule has 0 atom stereocenters. The molecule has 0 saturated heterocycles. The van der Waals surface area contributed by atoms with Gasteiger partial charge in [-0.2, -0.15) is 15.4 Å². The van der Waals surface area contributed by atoms with Crippen LogP contribution in [0.2, 0.25) is 0 Å². The standard InChI is InChI=1S/C15H12N4/c1-9-10-5-2-3-7-12(10)16-14(9)11-6-4-8-13-15(11)18-19-17-13/h2-8,16H,1H3,(H,17,18,19). The molecule has 0 aliphatic heterocycles. The van der Waals surface area contributed by atoms with Gasteiger partial charge in [-0.05, 0) is 24.6 Å². The molecule has 0 saturated carbocycles. The Labute approximate surface area is 109 Å². The molecular formula is C15H12N4. The van der Waals surface area contributed by atoms with E-state index in [1.807, 2.05) is 18.2 Å². The van der Waals surface area contributed by atoms with Crippen LogP contribution in [-0.2, 0) is 0 Å². The molecular weight excluding hydrogens is 236 g/mol. The Hall–Kier alpha value is -2.62. The predicted octanol–water partition coefficient (Wildman–Crippen LogP) is 3.41. The molecule has 4 rings (SSSR count). The lowest BCUT2D eigenvalue weighted by Gasteiger charge is -2.00. The molecule has 92 valence electrons. The van der Waals surface area contributed by atoms with Crippen LogP contribution in [0.1, 0.15) is 5.56 Å². The second-order valence-corrected chi connectivity index (χ2v) is 4.67. The van der Waals surface area contributed by atoms with E-state index in [4.69, 9.17) is 0 Å². The van der Waals surface area contributed by atoms with Crippen molar-refractivity contribution in [1.29, 1.82) is 0 Å². The summed E-state index contributed by atoms with van der Waals surface area (Å²) >= 11 is 0. The van der Waals surface area contributed by atoms with E-state index in [0.717, 1.165) is 27.8 Å². The molecule has 2 N–H and O–H groups in total. The smallest absolute Gasteiger partial charge is 0.122 e. The fraction of sp³-hybridized carbons (Fsp3) is 0.0667. The lowest BCUT2D eigenvalue weighted by Crippen LogP contribution is -1.83. The number of aryl methyl sites for hydroxylation is 1. The van der Waals surface area contributed by atoms with Gasteiger partial charge in [0.05, 0.1) is 5.69 Å². The van der Waals surface area contributed by atoms with Crippen LogP contribution in [0, 0.1) is 6.92 Å². The van der Waals surface area contributed by atoms with E-state index in [-0.39, 0.29) is 0 Å². The van der Waals surface area contributed by atoms with Gasteiger partial charge in [-0.1, -0.05) is 30.3 Å². The zero-order chi connectivity index (χ0) is 12.8. The molecule has 19 heavy (non-hydrogen) atoms. The van der Waals surface area contributed by atoms with Crippen molar-refractivity contribution < 1.29 is 0 Å². The van der Waals surface area contributed by atoms with E-state index in [9.17, 15) is 0 Å². The number of nitrogens with zero attached hydrogens (tertiary/aromatic N) is 2. The Morgan fingerprint density at radius 1 is 0.947 bits per heavy atom. The highest BCUT2D eigenvalue weighted by molar-refractivity contribution is 5.97. The first-order valence-electron chi connectivity index (χ1n) is 6.22. The number of para-hydroxylation sites is 2. The van der Waals surface area contributed by atoms with E-state index in [0.29, 0.717) is 0 Å². The first-order valence-corrected chi connectivity index (χ1v) is 6.22. The Morgan fingerprint density at radius 2 is 1.84 bits per heavy atom. The molecule has 0 unspecified atom stereocenters. The summed E-state index contributed by atoms with van der Waals surface area (Å²) in [6, 6.07) is 14.4. The molecule has 0 fully saturated rings. The van der Waals surface area contributed by atoms with E-state index >= 15 is 0 Å². The third kappa shape index (κ3) is 1.40.